The van der Waals surface area contributed by atoms with E-state index in [1.807, 2.05) is 24.3 Å². The summed E-state index contributed by atoms with van der Waals surface area (Å²) < 4.78 is 0. The number of hydrogen-bond donors (Lipinski definition) is 3. The second-order valence-corrected chi connectivity index (χ2v) is 5.68. The van der Waals surface area contributed by atoms with Crippen molar-refractivity contribution in [1.29, 1.82) is 5.41 Å². The quantitative estimate of drug-likeness (QED) is 0.671. The maximum Gasteiger partial charge on any atom is 0.253 e. The Morgan fingerprint density at radius 3 is 2.42 bits per heavy atom. The zero-order valence-corrected chi connectivity index (χ0v) is 13.5. The van der Waals surface area contributed by atoms with Crippen molar-refractivity contribution < 1.29 is 9.59 Å². The molecule has 0 aliphatic heterocycles. The second-order valence-electron chi connectivity index (χ2n) is 5.68. The molecule has 1 aromatic carbocycles. The molecule has 6 nitrogen and oxygen atoms in total. The molecule has 2 aromatic rings. The van der Waals surface area contributed by atoms with Gasteiger partial charge in [0.1, 0.15) is 0 Å². The van der Waals surface area contributed by atoms with Crippen molar-refractivity contribution in [3.05, 3.63) is 65.0 Å². The van der Waals surface area contributed by atoms with Crippen molar-refractivity contribution in [1.82, 2.24) is 10.3 Å². The maximum atomic E-state index is 12.0. The van der Waals surface area contributed by atoms with Crippen LogP contribution in [0.4, 0.5) is 0 Å². The molecule has 2 rings (SSSR count). The molecule has 24 heavy (non-hydrogen) atoms. The van der Waals surface area contributed by atoms with Gasteiger partial charge in [-0.1, -0.05) is 24.3 Å². The molecule has 0 spiro atoms. The SMILES string of the molecule is CC(=N)CNC(=O)c1cncc(Cc2ccc(CC(N)=O)cc2)c1. The van der Waals surface area contributed by atoms with Crippen LogP contribution in [0.15, 0.2) is 42.7 Å². The third-order valence-electron chi connectivity index (χ3n) is 3.38. The Bertz CT molecular complexity index is 754. The van der Waals surface area contributed by atoms with Crippen molar-refractivity contribution in [2.75, 3.05) is 6.54 Å². The summed E-state index contributed by atoms with van der Waals surface area (Å²) in [7, 11) is 0. The molecule has 1 aromatic heterocycles. The highest BCUT2D eigenvalue weighted by Crippen LogP contribution is 2.12. The van der Waals surface area contributed by atoms with Gasteiger partial charge in [-0.25, -0.2) is 0 Å². The lowest BCUT2D eigenvalue weighted by Gasteiger charge is -2.07. The van der Waals surface area contributed by atoms with Gasteiger partial charge in [0.25, 0.3) is 5.91 Å². The summed E-state index contributed by atoms with van der Waals surface area (Å²) in [6, 6.07) is 9.40. The van der Waals surface area contributed by atoms with E-state index in [4.69, 9.17) is 11.1 Å². The van der Waals surface area contributed by atoms with Crippen LogP contribution in [0.5, 0.6) is 0 Å². The van der Waals surface area contributed by atoms with Crippen LogP contribution in [0.1, 0.15) is 34.0 Å². The molecule has 6 heteroatoms. The predicted molar refractivity (Wildman–Crippen MR) is 92.1 cm³/mol. The number of nitrogens with one attached hydrogen (secondary N) is 2. The average molecular weight is 324 g/mol. The number of rotatable bonds is 7. The smallest absolute Gasteiger partial charge is 0.253 e. The van der Waals surface area contributed by atoms with Crippen molar-refractivity contribution in [3.63, 3.8) is 0 Å². The lowest BCUT2D eigenvalue weighted by Crippen LogP contribution is -2.28. The number of nitrogens with zero attached hydrogens (tertiary/aromatic N) is 1. The number of carbonyl (C=O) groups excluding carboxylic acids is 2. The number of amides is 2. The van der Waals surface area contributed by atoms with Gasteiger partial charge in [-0.15, -0.1) is 0 Å². The summed E-state index contributed by atoms with van der Waals surface area (Å²) in [5.41, 5.74) is 8.88. The molecule has 124 valence electrons. The molecule has 0 saturated carbocycles. The zero-order chi connectivity index (χ0) is 17.5. The Hall–Kier alpha value is -3.02. The third kappa shape index (κ3) is 5.31. The molecular weight excluding hydrogens is 304 g/mol. The molecule has 0 aliphatic rings. The van der Waals surface area contributed by atoms with Gasteiger partial charge >= 0.3 is 0 Å². The van der Waals surface area contributed by atoms with Crippen molar-refractivity contribution >= 4 is 17.5 Å². The normalized spacial score (nSPS) is 10.2. The van der Waals surface area contributed by atoms with Crippen LogP contribution in [-0.2, 0) is 17.6 Å². The minimum absolute atomic E-state index is 0.226. The van der Waals surface area contributed by atoms with Crippen molar-refractivity contribution in [3.8, 4) is 0 Å². The molecule has 1 heterocycles. The van der Waals surface area contributed by atoms with Crippen molar-refractivity contribution in [2.45, 2.75) is 19.8 Å². The van der Waals surface area contributed by atoms with E-state index in [9.17, 15) is 9.59 Å². The third-order valence-corrected chi connectivity index (χ3v) is 3.38. The van der Waals surface area contributed by atoms with Gasteiger partial charge in [-0.2, -0.15) is 0 Å². The standard InChI is InChI=1S/C18H20N4O2/c1-12(19)9-22-18(24)16-7-15(10-21-11-16)6-13-2-4-14(5-3-13)8-17(20)23/h2-5,7,10-11,19H,6,8-9H2,1H3,(H2,20,23)(H,22,24). The summed E-state index contributed by atoms with van der Waals surface area (Å²) in [6.07, 6.45) is 4.09. The molecule has 4 N–H and O–H groups in total. The van der Waals surface area contributed by atoms with Crippen LogP contribution in [0.25, 0.3) is 0 Å². The molecule has 0 bridgehead atoms. The van der Waals surface area contributed by atoms with Gasteiger partial charge < -0.3 is 16.5 Å². The van der Waals surface area contributed by atoms with E-state index in [0.717, 1.165) is 16.7 Å². The summed E-state index contributed by atoms with van der Waals surface area (Å²) in [5.74, 6) is -0.599. The van der Waals surface area contributed by atoms with E-state index in [2.05, 4.69) is 10.3 Å². The van der Waals surface area contributed by atoms with E-state index in [1.54, 1.807) is 19.2 Å². The minimum Gasteiger partial charge on any atom is -0.369 e. The second kappa shape index (κ2) is 8.01. The number of nitrogens with two attached hydrogens (primary N) is 1. The minimum atomic E-state index is -0.356. The van der Waals surface area contributed by atoms with Gasteiger partial charge in [0, 0.05) is 18.1 Å². The molecule has 0 aliphatic carbocycles. The molecule has 0 radical (unpaired) electrons. The van der Waals surface area contributed by atoms with E-state index < -0.39 is 0 Å². The van der Waals surface area contributed by atoms with Gasteiger partial charge in [0.15, 0.2) is 0 Å². The van der Waals surface area contributed by atoms with Crippen LogP contribution >= 0.6 is 0 Å². The van der Waals surface area contributed by atoms with Crippen LogP contribution in [-0.4, -0.2) is 29.1 Å². The lowest BCUT2D eigenvalue weighted by atomic mass is 10.0. The van der Waals surface area contributed by atoms with E-state index in [1.165, 1.54) is 6.20 Å². The summed E-state index contributed by atoms with van der Waals surface area (Å²) >= 11 is 0. The number of pyridine rings is 1. The first-order chi connectivity index (χ1) is 11.4. The summed E-state index contributed by atoms with van der Waals surface area (Å²) in [5, 5.41) is 10.0. The monoisotopic (exact) mass is 324 g/mol. The fourth-order valence-electron chi connectivity index (χ4n) is 2.24. The summed E-state index contributed by atoms with van der Waals surface area (Å²) in [6.45, 7) is 1.86. The first-order valence-corrected chi connectivity index (χ1v) is 7.56. The van der Waals surface area contributed by atoms with Crippen LogP contribution in [0.2, 0.25) is 0 Å². The van der Waals surface area contributed by atoms with Gasteiger partial charge in [0.05, 0.1) is 18.5 Å². The fourth-order valence-corrected chi connectivity index (χ4v) is 2.24. The highest BCUT2D eigenvalue weighted by molar-refractivity contribution is 5.96. The molecule has 0 saturated heterocycles. The predicted octanol–water partition coefficient (Wildman–Crippen LogP) is 1.47. The van der Waals surface area contributed by atoms with Crippen LogP contribution < -0.4 is 11.1 Å². The topological polar surface area (TPSA) is 109 Å². The zero-order valence-electron chi connectivity index (χ0n) is 13.5. The van der Waals surface area contributed by atoms with E-state index in [0.29, 0.717) is 17.7 Å². The number of primary amides is 1. The largest absolute Gasteiger partial charge is 0.369 e. The maximum absolute atomic E-state index is 12.0. The fraction of sp³-hybridized carbons (Fsp3) is 0.222. The van der Waals surface area contributed by atoms with Crippen LogP contribution in [0, 0.1) is 5.41 Å². The van der Waals surface area contributed by atoms with Gasteiger partial charge in [0.2, 0.25) is 5.91 Å². The highest BCUT2D eigenvalue weighted by atomic mass is 16.2. The molecule has 2 amide bonds. The lowest BCUT2D eigenvalue weighted by molar-refractivity contribution is -0.117. The number of hydrogen-bond acceptors (Lipinski definition) is 4. The number of aromatic nitrogens is 1. The first-order valence-electron chi connectivity index (χ1n) is 7.56. The summed E-state index contributed by atoms with van der Waals surface area (Å²) in [4.78, 5) is 27.0. The molecular formula is C18H20N4O2. The van der Waals surface area contributed by atoms with Crippen LogP contribution in [0.3, 0.4) is 0 Å². The Morgan fingerprint density at radius 2 is 1.79 bits per heavy atom. The Labute approximate surface area is 140 Å². The van der Waals surface area contributed by atoms with Gasteiger partial charge in [-0.05, 0) is 36.1 Å². The Kier molecular flexibility index (Phi) is 5.78. The van der Waals surface area contributed by atoms with Crippen molar-refractivity contribution in [2.24, 2.45) is 5.73 Å². The van der Waals surface area contributed by atoms with E-state index in [-0.39, 0.29) is 24.8 Å². The molecule has 0 unspecified atom stereocenters. The number of benzene rings is 1. The molecule has 0 fully saturated rings. The first kappa shape index (κ1) is 17.3. The Balaban J connectivity index is 2.04. The molecule has 0 atom stereocenters. The van der Waals surface area contributed by atoms with Gasteiger partial charge in [-0.3, -0.25) is 14.6 Å². The Morgan fingerprint density at radius 1 is 1.12 bits per heavy atom. The van der Waals surface area contributed by atoms with E-state index >= 15 is 0 Å². The number of carbonyl (C=O) groups is 2. The highest BCUT2D eigenvalue weighted by Gasteiger charge is 2.07. The average Bonchev–Trinajstić information content (AvgIpc) is 2.54.